The molecule has 0 saturated heterocycles. The molecule has 0 aliphatic rings. The van der Waals surface area contributed by atoms with E-state index in [9.17, 15) is 14.4 Å². The van der Waals surface area contributed by atoms with Crippen molar-refractivity contribution in [1.82, 2.24) is 0 Å². The first-order valence-electron chi connectivity index (χ1n) is 28.4. The van der Waals surface area contributed by atoms with Crippen LogP contribution in [0.3, 0.4) is 0 Å². The Labute approximate surface area is 414 Å². The molecule has 0 radical (unpaired) electrons. The Balaban J connectivity index is 4.52. The molecule has 0 saturated carbocycles. The van der Waals surface area contributed by atoms with E-state index in [0.29, 0.717) is 19.3 Å². The van der Waals surface area contributed by atoms with Crippen LogP contribution in [-0.4, -0.2) is 37.2 Å². The van der Waals surface area contributed by atoms with E-state index in [-0.39, 0.29) is 44.0 Å². The molecule has 386 valence electrons. The van der Waals surface area contributed by atoms with Crippen molar-refractivity contribution >= 4 is 17.9 Å². The highest BCUT2D eigenvalue weighted by atomic mass is 16.6. The number of carbonyl (C=O) groups is 3. The maximum atomic E-state index is 12.8. The van der Waals surface area contributed by atoms with Crippen molar-refractivity contribution in [1.29, 1.82) is 0 Å². The Bertz CT molecular complexity index is 1260. The smallest absolute Gasteiger partial charge is 0.306 e. The van der Waals surface area contributed by atoms with Gasteiger partial charge in [-0.3, -0.25) is 14.4 Å². The Morgan fingerprint density at radius 3 is 0.896 bits per heavy atom. The predicted octanol–water partition coefficient (Wildman–Crippen LogP) is 19.0. The molecule has 0 rings (SSSR count). The van der Waals surface area contributed by atoms with E-state index in [2.05, 4.69) is 93.7 Å². The zero-order chi connectivity index (χ0) is 48.6. The van der Waals surface area contributed by atoms with Crippen LogP contribution in [0.2, 0.25) is 0 Å². The number of ether oxygens (including phenoxy) is 3. The quantitative estimate of drug-likeness (QED) is 0.0262. The van der Waals surface area contributed by atoms with Crippen LogP contribution in [-0.2, 0) is 28.6 Å². The summed E-state index contributed by atoms with van der Waals surface area (Å²) in [7, 11) is 0. The van der Waals surface area contributed by atoms with Crippen LogP contribution >= 0.6 is 0 Å². The third kappa shape index (κ3) is 53.7. The maximum absolute atomic E-state index is 12.8. The molecule has 0 fully saturated rings. The van der Waals surface area contributed by atoms with Crippen molar-refractivity contribution in [2.24, 2.45) is 0 Å². The van der Waals surface area contributed by atoms with Crippen LogP contribution in [0.1, 0.15) is 278 Å². The molecule has 0 heterocycles. The molecule has 1 unspecified atom stereocenters. The van der Waals surface area contributed by atoms with Crippen LogP contribution < -0.4 is 0 Å². The van der Waals surface area contributed by atoms with Crippen molar-refractivity contribution in [2.45, 2.75) is 284 Å². The average Bonchev–Trinajstić information content (AvgIpc) is 3.33. The van der Waals surface area contributed by atoms with Crippen LogP contribution in [0.25, 0.3) is 0 Å². The van der Waals surface area contributed by atoms with Gasteiger partial charge in [-0.1, -0.05) is 248 Å². The van der Waals surface area contributed by atoms with Crippen LogP contribution in [0, 0.1) is 0 Å². The van der Waals surface area contributed by atoms with Gasteiger partial charge in [0.15, 0.2) is 6.10 Å². The number of rotatable bonds is 51. The normalized spacial score (nSPS) is 12.6. The lowest BCUT2D eigenvalue weighted by Crippen LogP contribution is -2.30. The number of esters is 3. The fourth-order valence-electron chi connectivity index (χ4n) is 7.89. The Hall–Kier alpha value is -3.15. The third-order valence-electron chi connectivity index (χ3n) is 12.2. The molecular weight excluding hydrogens is 829 g/mol. The van der Waals surface area contributed by atoms with Crippen molar-refractivity contribution in [3.63, 3.8) is 0 Å². The summed E-state index contributed by atoms with van der Waals surface area (Å²) in [6, 6.07) is 0. The molecule has 67 heavy (non-hydrogen) atoms. The van der Waals surface area contributed by atoms with Gasteiger partial charge in [0.25, 0.3) is 0 Å². The molecule has 1 atom stereocenters. The molecule has 0 aliphatic heterocycles. The van der Waals surface area contributed by atoms with Gasteiger partial charge in [-0.2, -0.15) is 0 Å². The van der Waals surface area contributed by atoms with Crippen molar-refractivity contribution in [2.75, 3.05) is 13.2 Å². The number of carbonyl (C=O) groups excluding carboxylic acids is 3. The molecule has 6 nitrogen and oxygen atoms in total. The molecule has 0 N–H and O–H groups in total. The highest BCUT2D eigenvalue weighted by Crippen LogP contribution is 2.15. The second-order valence-corrected chi connectivity index (χ2v) is 18.8. The number of hydrogen-bond donors (Lipinski definition) is 0. The summed E-state index contributed by atoms with van der Waals surface area (Å²) >= 11 is 0. The molecule has 6 heteroatoms. The predicted molar refractivity (Wildman–Crippen MR) is 288 cm³/mol. The maximum Gasteiger partial charge on any atom is 0.306 e. The number of allylic oxidation sites excluding steroid dienone is 12. The number of hydrogen-bond acceptors (Lipinski definition) is 6. The standard InChI is InChI=1S/C61H106O6/c1-4-7-10-13-16-19-22-25-28-30-33-36-39-42-45-48-51-54-60(63)66-57-58(56-65-59(62)53-50-47-44-41-38-35-32-27-24-21-18-15-12-9-6-3)67-61(64)55-52-49-46-43-40-37-34-31-29-26-23-20-17-14-11-8-5-2/h25-26,28-29,33-34,36-37,42-43,45-46,58H,4-24,27,30-32,35,38-41,44,47-57H2,1-3H3/b28-25-,29-26-,36-33-,37-34-,45-42-,46-43-. The second-order valence-electron chi connectivity index (χ2n) is 18.8. The minimum absolute atomic E-state index is 0.109. The van der Waals surface area contributed by atoms with Crippen LogP contribution in [0.15, 0.2) is 72.9 Å². The average molecular weight is 936 g/mol. The third-order valence-corrected chi connectivity index (χ3v) is 12.2. The lowest BCUT2D eigenvalue weighted by molar-refractivity contribution is -0.167. The van der Waals surface area contributed by atoms with Gasteiger partial charge in [0.2, 0.25) is 0 Å². The Morgan fingerprint density at radius 1 is 0.299 bits per heavy atom. The Morgan fingerprint density at radius 2 is 0.552 bits per heavy atom. The molecular formula is C61H106O6. The van der Waals surface area contributed by atoms with Gasteiger partial charge in [-0.15, -0.1) is 0 Å². The Kier molecular flexibility index (Phi) is 52.8. The highest BCUT2D eigenvalue weighted by Gasteiger charge is 2.19. The van der Waals surface area contributed by atoms with Crippen LogP contribution in [0.4, 0.5) is 0 Å². The van der Waals surface area contributed by atoms with Gasteiger partial charge in [0, 0.05) is 19.3 Å². The summed E-state index contributed by atoms with van der Waals surface area (Å²) in [4.78, 5) is 38.1. The monoisotopic (exact) mass is 935 g/mol. The summed E-state index contributed by atoms with van der Waals surface area (Å²) in [5.41, 5.74) is 0. The van der Waals surface area contributed by atoms with Crippen molar-refractivity contribution in [3.05, 3.63) is 72.9 Å². The SMILES string of the molecule is CCCCCCCC/C=C\C/C=C\C/C=C\CCCC(=O)OCC(COC(=O)CCCCCCCCCCCCCCCCC)OC(=O)CCC/C=C\C/C=C\C/C=C\CCCCCCCC. The molecule has 0 amide bonds. The van der Waals surface area contributed by atoms with Gasteiger partial charge < -0.3 is 14.2 Å². The van der Waals surface area contributed by atoms with Crippen molar-refractivity contribution in [3.8, 4) is 0 Å². The topological polar surface area (TPSA) is 78.9 Å². The van der Waals surface area contributed by atoms with Gasteiger partial charge in [0.05, 0.1) is 0 Å². The van der Waals surface area contributed by atoms with E-state index in [4.69, 9.17) is 14.2 Å². The zero-order valence-electron chi connectivity index (χ0n) is 44.2. The number of unbranched alkanes of at least 4 members (excludes halogenated alkanes) is 28. The summed E-state index contributed by atoms with van der Waals surface area (Å²) in [5.74, 6) is -1.01. The molecule has 0 aromatic heterocycles. The van der Waals surface area contributed by atoms with E-state index in [1.807, 2.05) is 0 Å². The molecule has 0 spiro atoms. The minimum atomic E-state index is -0.820. The molecule has 0 aliphatic carbocycles. The van der Waals surface area contributed by atoms with Crippen molar-refractivity contribution < 1.29 is 28.6 Å². The lowest BCUT2D eigenvalue weighted by Gasteiger charge is -2.18. The summed E-state index contributed by atoms with van der Waals surface area (Å²) in [5, 5.41) is 0. The van der Waals surface area contributed by atoms with E-state index in [0.717, 1.165) is 57.8 Å². The molecule has 0 aromatic carbocycles. The van der Waals surface area contributed by atoms with E-state index in [1.54, 1.807) is 0 Å². The first-order valence-corrected chi connectivity index (χ1v) is 28.4. The van der Waals surface area contributed by atoms with Gasteiger partial charge >= 0.3 is 17.9 Å². The summed E-state index contributed by atoms with van der Waals surface area (Å²) < 4.78 is 16.8. The molecule has 0 bridgehead atoms. The van der Waals surface area contributed by atoms with Crippen LogP contribution in [0.5, 0.6) is 0 Å². The summed E-state index contributed by atoms with van der Waals surface area (Å²) in [6.07, 6.45) is 70.5. The van der Waals surface area contributed by atoms with E-state index in [1.165, 1.54) is 167 Å². The van der Waals surface area contributed by atoms with E-state index < -0.39 is 6.10 Å². The highest BCUT2D eigenvalue weighted by molar-refractivity contribution is 5.71. The first kappa shape index (κ1) is 63.8. The fraction of sp³-hybridized carbons (Fsp3) is 0.754. The largest absolute Gasteiger partial charge is 0.462 e. The van der Waals surface area contributed by atoms with E-state index >= 15 is 0 Å². The first-order chi connectivity index (χ1) is 33.0. The summed E-state index contributed by atoms with van der Waals surface area (Å²) in [6.45, 7) is 6.56. The fourth-order valence-corrected chi connectivity index (χ4v) is 7.89. The minimum Gasteiger partial charge on any atom is -0.462 e. The lowest BCUT2D eigenvalue weighted by atomic mass is 10.0. The second kappa shape index (κ2) is 55.4. The van der Waals surface area contributed by atoms with Gasteiger partial charge in [-0.05, 0) is 83.5 Å². The van der Waals surface area contributed by atoms with Gasteiger partial charge in [0.1, 0.15) is 13.2 Å². The van der Waals surface area contributed by atoms with Gasteiger partial charge in [-0.25, -0.2) is 0 Å². The zero-order valence-corrected chi connectivity index (χ0v) is 44.2. The molecule has 0 aromatic rings.